The molecule has 1 N–H and O–H groups in total. The van der Waals surface area contributed by atoms with Crippen LogP contribution in [0.25, 0.3) is 16.2 Å². The number of piperidine rings is 1. The van der Waals surface area contributed by atoms with Crippen LogP contribution in [0.1, 0.15) is 52.5 Å². The first kappa shape index (κ1) is 22.6. The van der Waals surface area contributed by atoms with E-state index in [4.69, 9.17) is 10.1 Å². The fourth-order valence-electron chi connectivity index (χ4n) is 3.97. The third-order valence-electron chi connectivity index (χ3n) is 5.73. The molecular weight excluding hydrogens is 420 g/mol. The first-order chi connectivity index (χ1) is 15.2. The number of nitrogens with one attached hydrogen (secondary N) is 1. The Labute approximate surface area is 194 Å². The maximum absolute atomic E-state index is 12.7. The number of carbonyl (C=O) groups excluding carboxylic acids is 1. The maximum Gasteiger partial charge on any atom is 0.242 e. The van der Waals surface area contributed by atoms with E-state index in [1.54, 1.807) is 0 Å². The lowest BCUT2D eigenvalue weighted by molar-refractivity contribution is -0.130. The zero-order valence-electron chi connectivity index (χ0n) is 19.8. The fraction of sp³-hybridized carbons (Fsp3) is 0.542. The van der Waals surface area contributed by atoms with Crippen molar-refractivity contribution in [1.82, 2.24) is 19.5 Å². The molecule has 0 saturated carbocycles. The van der Waals surface area contributed by atoms with Crippen LogP contribution in [0, 0.1) is 0 Å². The van der Waals surface area contributed by atoms with Gasteiger partial charge in [0.1, 0.15) is 5.69 Å². The van der Waals surface area contributed by atoms with Crippen LogP contribution in [-0.2, 0) is 11.2 Å². The number of carbonyl (C=O) groups is 1. The molecule has 0 bridgehead atoms. The minimum Gasteiger partial charge on any atom is -0.364 e. The van der Waals surface area contributed by atoms with Gasteiger partial charge in [-0.2, -0.15) is 4.52 Å². The van der Waals surface area contributed by atoms with E-state index < -0.39 is 0 Å². The summed E-state index contributed by atoms with van der Waals surface area (Å²) in [5.74, 6) is 1.06. The number of rotatable bonds is 6. The largest absolute Gasteiger partial charge is 0.364 e. The fourth-order valence-corrected chi connectivity index (χ4v) is 4.84. The average Bonchev–Trinajstić information content (AvgIpc) is 3.33. The van der Waals surface area contributed by atoms with E-state index >= 15 is 0 Å². The zero-order valence-corrected chi connectivity index (χ0v) is 20.6. The molecule has 1 amide bonds. The van der Waals surface area contributed by atoms with Crippen LogP contribution in [-0.4, -0.2) is 57.6 Å². The van der Waals surface area contributed by atoms with Crippen molar-refractivity contribution in [2.75, 3.05) is 36.9 Å². The lowest BCUT2D eigenvalue weighted by Gasteiger charge is -2.28. The molecular formula is C24H34N6OS. The summed E-state index contributed by atoms with van der Waals surface area (Å²) in [5.41, 5.74) is 3.14. The second-order valence-electron chi connectivity index (χ2n) is 9.61. The molecule has 8 heteroatoms. The van der Waals surface area contributed by atoms with Crippen LogP contribution in [0.2, 0.25) is 0 Å². The van der Waals surface area contributed by atoms with Crippen molar-refractivity contribution in [1.29, 1.82) is 0 Å². The van der Waals surface area contributed by atoms with Gasteiger partial charge in [0.25, 0.3) is 0 Å². The molecule has 0 spiro atoms. The lowest BCUT2D eigenvalue weighted by Crippen LogP contribution is -2.41. The first-order valence-corrected chi connectivity index (χ1v) is 12.3. The second kappa shape index (κ2) is 9.10. The number of benzene rings is 1. The van der Waals surface area contributed by atoms with Gasteiger partial charge in [-0.05, 0) is 52.0 Å². The van der Waals surface area contributed by atoms with Crippen molar-refractivity contribution in [2.45, 2.75) is 58.9 Å². The predicted molar refractivity (Wildman–Crippen MR) is 133 cm³/mol. The van der Waals surface area contributed by atoms with E-state index in [1.807, 2.05) is 21.4 Å². The molecule has 2 aromatic heterocycles. The Balaban J connectivity index is 1.63. The summed E-state index contributed by atoms with van der Waals surface area (Å²) in [6.45, 7) is 10.6. The normalized spacial score (nSPS) is 14.7. The summed E-state index contributed by atoms with van der Waals surface area (Å²) in [4.78, 5) is 22.4. The Bertz CT molecular complexity index is 1070. The Kier molecular flexibility index (Phi) is 6.42. The summed E-state index contributed by atoms with van der Waals surface area (Å²) in [5, 5.41) is 9.23. The van der Waals surface area contributed by atoms with Crippen molar-refractivity contribution in [3.8, 4) is 11.3 Å². The number of imidazole rings is 1. The molecule has 4 rings (SSSR count). The predicted octanol–water partition coefficient (Wildman–Crippen LogP) is 4.68. The van der Waals surface area contributed by atoms with Gasteiger partial charge in [0.15, 0.2) is 5.82 Å². The van der Waals surface area contributed by atoms with Gasteiger partial charge in [-0.1, -0.05) is 42.5 Å². The minimum atomic E-state index is -0.145. The Morgan fingerprint density at radius 3 is 2.47 bits per heavy atom. The van der Waals surface area contributed by atoms with Crippen molar-refractivity contribution >= 4 is 33.2 Å². The standard InChI is InChI=1S/C24H34N6OS/c1-6-17-10-12-18(13-11-17)20-21(26-24(2,3)4)30-22(25-20)32-23(27-30)28(5)16-19(31)29-14-8-7-9-15-29/h10-13,26H,6-9,14-16H2,1-5H3. The molecule has 1 saturated heterocycles. The SMILES string of the molecule is CCc1ccc(-c2nc3sc(N(C)CC(=O)N4CCCCC4)nn3c2NC(C)(C)C)cc1. The number of anilines is 2. The zero-order chi connectivity index (χ0) is 22.9. The number of hydrogen-bond donors (Lipinski definition) is 1. The Hall–Kier alpha value is -2.61. The highest BCUT2D eigenvalue weighted by molar-refractivity contribution is 7.20. The van der Waals surface area contributed by atoms with Gasteiger partial charge in [-0.15, -0.1) is 5.10 Å². The number of hydrogen-bond acceptors (Lipinski definition) is 6. The minimum absolute atomic E-state index is 0.145. The van der Waals surface area contributed by atoms with Crippen molar-refractivity contribution < 1.29 is 4.79 Å². The summed E-state index contributed by atoms with van der Waals surface area (Å²) in [7, 11) is 1.93. The number of likely N-dealkylation sites (N-methyl/N-ethyl adjacent to an activating group) is 1. The highest BCUT2D eigenvalue weighted by atomic mass is 32.1. The molecule has 172 valence electrons. The van der Waals surface area contributed by atoms with Crippen molar-refractivity contribution in [3.63, 3.8) is 0 Å². The van der Waals surface area contributed by atoms with E-state index in [9.17, 15) is 4.79 Å². The van der Waals surface area contributed by atoms with Crippen LogP contribution in [0.5, 0.6) is 0 Å². The molecule has 1 fully saturated rings. The van der Waals surface area contributed by atoms with Crippen molar-refractivity contribution in [3.05, 3.63) is 29.8 Å². The number of likely N-dealkylation sites (tertiary alicyclic amines) is 1. The number of aryl methyl sites for hydroxylation is 1. The number of fused-ring (bicyclic) bond motifs is 1. The smallest absolute Gasteiger partial charge is 0.242 e. The monoisotopic (exact) mass is 454 g/mol. The summed E-state index contributed by atoms with van der Waals surface area (Å²) in [6, 6.07) is 8.57. The number of amides is 1. The van der Waals surface area contributed by atoms with Crippen LogP contribution in [0.15, 0.2) is 24.3 Å². The van der Waals surface area contributed by atoms with Gasteiger partial charge >= 0.3 is 0 Å². The third-order valence-corrected chi connectivity index (χ3v) is 6.75. The molecule has 7 nitrogen and oxygen atoms in total. The van der Waals surface area contributed by atoms with E-state index in [0.717, 1.165) is 59.5 Å². The van der Waals surface area contributed by atoms with Crippen molar-refractivity contribution in [2.24, 2.45) is 0 Å². The molecule has 3 heterocycles. The van der Waals surface area contributed by atoms with Crippen LogP contribution < -0.4 is 10.2 Å². The second-order valence-corrected chi connectivity index (χ2v) is 10.5. The Morgan fingerprint density at radius 1 is 1.16 bits per heavy atom. The molecule has 0 radical (unpaired) electrons. The molecule has 1 aromatic carbocycles. The summed E-state index contributed by atoms with van der Waals surface area (Å²) in [6.07, 6.45) is 4.43. The van der Waals surface area contributed by atoms with Gasteiger partial charge in [0, 0.05) is 31.2 Å². The molecule has 1 aliphatic heterocycles. The van der Waals surface area contributed by atoms with E-state index in [2.05, 4.69) is 57.3 Å². The highest BCUT2D eigenvalue weighted by Crippen LogP contribution is 2.34. The van der Waals surface area contributed by atoms with Gasteiger partial charge in [0.05, 0.1) is 6.54 Å². The van der Waals surface area contributed by atoms with E-state index in [-0.39, 0.29) is 11.4 Å². The van der Waals surface area contributed by atoms with Gasteiger partial charge < -0.3 is 15.1 Å². The molecule has 3 aromatic rings. The van der Waals surface area contributed by atoms with Gasteiger partial charge in [-0.3, -0.25) is 4.79 Å². The summed E-state index contributed by atoms with van der Waals surface area (Å²) >= 11 is 1.51. The number of aromatic nitrogens is 3. The molecule has 1 aliphatic rings. The average molecular weight is 455 g/mol. The molecule has 0 atom stereocenters. The van der Waals surface area contributed by atoms with Gasteiger partial charge in [0.2, 0.25) is 16.0 Å². The molecule has 32 heavy (non-hydrogen) atoms. The molecule has 0 aliphatic carbocycles. The lowest BCUT2D eigenvalue weighted by atomic mass is 10.1. The Morgan fingerprint density at radius 2 is 1.84 bits per heavy atom. The van der Waals surface area contributed by atoms with Gasteiger partial charge in [-0.25, -0.2) is 4.98 Å². The van der Waals surface area contributed by atoms with E-state index in [1.165, 1.54) is 23.3 Å². The topological polar surface area (TPSA) is 65.8 Å². The van der Waals surface area contributed by atoms with Crippen LogP contribution >= 0.6 is 11.3 Å². The summed E-state index contributed by atoms with van der Waals surface area (Å²) < 4.78 is 1.89. The number of nitrogens with zero attached hydrogens (tertiary/aromatic N) is 5. The third kappa shape index (κ3) is 4.90. The molecule has 0 unspecified atom stereocenters. The maximum atomic E-state index is 12.7. The first-order valence-electron chi connectivity index (χ1n) is 11.5. The van der Waals surface area contributed by atoms with Crippen LogP contribution in [0.3, 0.4) is 0 Å². The quantitative estimate of drug-likeness (QED) is 0.586. The highest BCUT2D eigenvalue weighted by Gasteiger charge is 2.24. The van der Waals surface area contributed by atoms with E-state index in [0.29, 0.717) is 6.54 Å². The van der Waals surface area contributed by atoms with Crippen LogP contribution in [0.4, 0.5) is 10.9 Å².